The molecule has 0 unspecified atom stereocenters. The highest BCUT2D eigenvalue weighted by molar-refractivity contribution is 6.31. The second kappa shape index (κ2) is 4.53. The maximum atomic E-state index is 5.78. The number of hydrogen-bond donors (Lipinski definition) is 0. The molecule has 0 saturated heterocycles. The average molecular weight is 222 g/mol. The minimum absolute atomic E-state index is 0.271. The molecule has 1 aromatic heterocycles. The fourth-order valence-corrected chi connectivity index (χ4v) is 1.39. The molecule has 0 aliphatic heterocycles. The number of halogens is 2. The van der Waals surface area contributed by atoms with Gasteiger partial charge in [-0.1, -0.05) is 11.6 Å². The molecule has 0 aliphatic rings. The summed E-state index contributed by atoms with van der Waals surface area (Å²) in [7, 11) is 3.04. The average Bonchev–Trinajstić information content (AvgIpc) is 2.17. The van der Waals surface area contributed by atoms with Gasteiger partial charge >= 0.3 is 0 Å². The zero-order chi connectivity index (χ0) is 9.84. The SMILES string of the molecule is COc1c(CCl)cnc(Cl)c1OC. The summed E-state index contributed by atoms with van der Waals surface area (Å²) < 4.78 is 10.1. The van der Waals surface area contributed by atoms with Crippen molar-refractivity contribution in [2.45, 2.75) is 5.88 Å². The van der Waals surface area contributed by atoms with E-state index in [1.807, 2.05) is 0 Å². The third-order valence-corrected chi connectivity index (χ3v) is 2.13. The Balaban J connectivity index is 3.27. The predicted molar refractivity (Wildman–Crippen MR) is 51.9 cm³/mol. The van der Waals surface area contributed by atoms with E-state index in [9.17, 15) is 0 Å². The van der Waals surface area contributed by atoms with Crippen molar-refractivity contribution in [3.63, 3.8) is 0 Å². The molecule has 72 valence electrons. The molecule has 3 nitrogen and oxygen atoms in total. The summed E-state index contributed by atoms with van der Waals surface area (Å²) in [4.78, 5) is 3.91. The van der Waals surface area contributed by atoms with Crippen LogP contribution in [0.4, 0.5) is 0 Å². The Morgan fingerprint density at radius 1 is 1.31 bits per heavy atom. The zero-order valence-corrected chi connectivity index (χ0v) is 8.82. The molecule has 5 heteroatoms. The highest BCUT2D eigenvalue weighted by atomic mass is 35.5. The van der Waals surface area contributed by atoms with E-state index in [0.29, 0.717) is 17.4 Å². The highest BCUT2D eigenvalue weighted by Gasteiger charge is 2.13. The first kappa shape index (κ1) is 10.4. The van der Waals surface area contributed by atoms with Gasteiger partial charge in [0.25, 0.3) is 0 Å². The molecule has 0 aliphatic carbocycles. The van der Waals surface area contributed by atoms with Crippen LogP contribution >= 0.6 is 23.2 Å². The zero-order valence-electron chi connectivity index (χ0n) is 7.30. The fourth-order valence-electron chi connectivity index (χ4n) is 0.987. The van der Waals surface area contributed by atoms with Crippen molar-refractivity contribution in [2.24, 2.45) is 0 Å². The van der Waals surface area contributed by atoms with Gasteiger partial charge in [-0.25, -0.2) is 4.98 Å². The lowest BCUT2D eigenvalue weighted by molar-refractivity contribution is 0.351. The molecule has 0 N–H and O–H groups in total. The van der Waals surface area contributed by atoms with Crippen LogP contribution in [0.2, 0.25) is 5.15 Å². The van der Waals surface area contributed by atoms with Gasteiger partial charge in [-0.2, -0.15) is 0 Å². The van der Waals surface area contributed by atoms with E-state index in [0.717, 1.165) is 5.56 Å². The van der Waals surface area contributed by atoms with Gasteiger partial charge in [0, 0.05) is 11.8 Å². The summed E-state index contributed by atoms with van der Waals surface area (Å²) in [5.41, 5.74) is 0.755. The first-order valence-corrected chi connectivity index (χ1v) is 4.47. The molecule has 1 heterocycles. The van der Waals surface area contributed by atoms with Crippen LogP contribution in [0.3, 0.4) is 0 Å². The maximum absolute atomic E-state index is 5.78. The predicted octanol–water partition coefficient (Wildman–Crippen LogP) is 2.49. The summed E-state index contributed by atoms with van der Waals surface area (Å²) >= 11 is 11.5. The number of pyridine rings is 1. The summed E-state index contributed by atoms with van der Waals surface area (Å²) in [5, 5.41) is 0.271. The fraction of sp³-hybridized carbons (Fsp3) is 0.375. The van der Waals surface area contributed by atoms with Crippen LogP contribution in [0.1, 0.15) is 5.56 Å². The molecule has 0 aromatic carbocycles. The molecule has 0 fully saturated rings. The molecular formula is C8H9Cl2NO2. The van der Waals surface area contributed by atoms with Gasteiger partial charge in [0.15, 0.2) is 16.7 Å². The molecule has 13 heavy (non-hydrogen) atoms. The Labute approximate surface area is 86.6 Å². The van der Waals surface area contributed by atoms with Crippen molar-refractivity contribution in [2.75, 3.05) is 14.2 Å². The second-order valence-corrected chi connectivity index (χ2v) is 2.90. The first-order valence-electron chi connectivity index (χ1n) is 3.56. The van der Waals surface area contributed by atoms with E-state index in [4.69, 9.17) is 32.7 Å². The Kier molecular flexibility index (Phi) is 3.63. The molecule has 1 aromatic rings. The van der Waals surface area contributed by atoms with Crippen molar-refractivity contribution in [3.05, 3.63) is 16.9 Å². The Hall–Kier alpha value is -0.670. The number of hydrogen-bond acceptors (Lipinski definition) is 3. The topological polar surface area (TPSA) is 31.4 Å². The smallest absolute Gasteiger partial charge is 0.198 e. The van der Waals surface area contributed by atoms with Crippen molar-refractivity contribution >= 4 is 23.2 Å². The number of ether oxygens (including phenoxy) is 2. The van der Waals surface area contributed by atoms with Gasteiger partial charge in [-0.15, -0.1) is 11.6 Å². The molecule has 0 radical (unpaired) electrons. The highest BCUT2D eigenvalue weighted by Crippen LogP contribution is 2.36. The van der Waals surface area contributed by atoms with Crippen molar-refractivity contribution < 1.29 is 9.47 Å². The molecule has 0 bridgehead atoms. The van der Waals surface area contributed by atoms with Gasteiger partial charge in [0.2, 0.25) is 0 Å². The van der Waals surface area contributed by atoms with Gasteiger partial charge < -0.3 is 9.47 Å². The first-order chi connectivity index (χ1) is 6.24. The van der Waals surface area contributed by atoms with E-state index in [1.54, 1.807) is 6.20 Å². The van der Waals surface area contributed by atoms with Crippen LogP contribution in [-0.2, 0) is 5.88 Å². The minimum Gasteiger partial charge on any atom is -0.492 e. The Morgan fingerprint density at radius 2 is 1.92 bits per heavy atom. The summed E-state index contributed by atoms with van der Waals surface area (Å²) in [6.07, 6.45) is 1.57. The van der Waals surface area contributed by atoms with Crippen LogP contribution < -0.4 is 9.47 Å². The monoisotopic (exact) mass is 221 g/mol. The van der Waals surface area contributed by atoms with Gasteiger partial charge in [0.05, 0.1) is 20.1 Å². The van der Waals surface area contributed by atoms with Gasteiger partial charge in [-0.05, 0) is 0 Å². The standard InChI is InChI=1S/C8H9Cl2NO2/c1-12-6-5(3-9)4-11-8(10)7(6)13-2/h4H,3H2,1-2H3. The number of alkyl halides is 1. The van der Waals surface area contributed by atoms with Gasteiger partial charge in [-0.3, -0.25) is 0 Å². The lowest BCUT2D eigenvalue weighted by Gasteiger charge is -2.11. The molecular weight excluding hydrogens is 213 g/mol. The Morgan fingerprint density at radius 3 is 2.38 bits per heavy atom. The van der Waals surface area contributed by atoms with Crippen molar-refractivity contribution in [1.29, 1.82) is 0 Å². The van der Waals surface area contributed by atoms with Crippen LogP contribution in [0.15, 0.2) is 6.20 Å². The number of methoxy groups -OCH3 is 2. The normalized spacial score (nSPS) is 9.85. The van der Waals surface area contributed by atoms with Crippen LogP contribution in [0.5, 0.6) is 11.5 Å². The van der Waals surface area contributed by atoms with Crippen LogP contribution in [-0.4, -0.2) is 19.2 Å². The van der Waals surface area contributed by atoms with E-state index in [2.05, 4.69) is 4.98 Å². The van der Waals surface area contributed by atoms with E-state index < -0.39 is 0 Å². The largest absolute Gasteiger partial charge is 0.492 e. The number of nitrogens with zero attached hydrogens (tertiary/aromatic N) is 1. The number of aromatic nitrogens is 1. The third-order valence-electron chi connectivity index (χ3n) is 1.57. The van der Waals surface area contributed by atoms with E-state index in [-0.39, 0.29) is 5.15 Å². The van der Waals surface area contributed by atoms with Crippen LogP contribution in [0, 0.1) is 0 Å². The van der Waals surface area contributed by atoms with E-state index in [1.165, 1.54) is 14.2 Å². The summed E-state index contributed by atoms with van der Waals surface area (Å²) in [6.45, 7) is 0. The maximum Gasteiger partial charge on any atom is 0.198 e. The molecule has 0 amide bonds. The summed E-state index contributed by atoms with van der Waals surface area (Å²) in [5.74, 6) is 1.27. The molecule has 0 atom stereocenters. The van der Waals surface area contributed by atoms with E-state index >= 15 is 0 Å². The lowest BCUT2D eigenvalue weighted by Crippen LogP contribution is -1.97. The quantitative estimate of drug-likeness (QED) is 0.581. The summed E-state index contributed by atoms with van der Waals surface area (Å²) in [6, 6.07) is 0. The number of rotatable bonds is 3. The molecule has 1 rings (SSSR count). The Bertz CT molecular complexity index is 304. The minimum atomic E-state index is 0.271. The lowest BCUT2D eigenvalue weighted by atomic mass is 10.3. The van der Waals surface area contributed by atoms with Gasteiger partial charge in [0.1, 0.15) is 0 Å². The third kappa shape index (κ3) is 1.98. The van der Waals surface area contributed by atoms with Crippen molar-refractivity contribution in [3.8, 4) is 11.5 Å². The molecule has 0 saturated carbocycles. The second-order valence-electron chi connectivity index (χ2n) is 2.27. The van der Waals surface area contributed by atoms with Crippen LogP contribution in [0.25, 0.3) is 0 Å². The van der Waals surface area contributed by atoms with Crippen molar-refractivity contribution in [1.82, 2.24) is 4.98 Å². The molecule has 0 spiro atoms.